The molecule has 0 bridgehead atoms. The molecule has 1 saturated heterocycles. The number of sulfone groups is 1. The maximum absolute atomic E-state index is 12.6. The number of amidine groups is 1. The number of carbonyl (C=O) groups excluding carboxylic acids is 1. The Morgan fingerprint density at radius 1 is 1.24 bits per heavy atom. The molecule has 2 aromatic rings. The van der Waals surface area contributed by atoms with Crippen LogP contribution in [0.4, 0.5) is 5.69 Å². The van der Waals surface area contributed by atoms with Gasteiger partial charge in [-0.05, 0) is 36.2 Å². The summed E-state index contributed by atoms with van der Waals surface area (Å²) in [6.07, 6.45) is 0. The number of halogens is 1. The van der Waals surface area contributed by atoms with E-state index in [1.54, 1.807) is 18.2 Å². The van der Waals surface area contributed by atoms with Crippen LogP contribution in [0.1, 0.15) is 21.5 Å². The Morgan fingerprint density at radius 3 is 2.79 bits per heavy atom. The smallest absolute Gasteiger partial charge is 0.251 e. The molecule has 29 heavy (non-hydrogen) atoms. The van der Waals surface area contributed by atoms with Crippen molar-refractivity contribution in [2.75, 3.05) is 16.8 Å². The van der Waals surface area contributed by atoms with E-state index in [-0.39, 0.29) is 28.7 Å². The van der Waals surface area contributed by atoms with E-state index in [0.29, 0.717) is 22.3 Å². The number of thioether (sulfide) groups is 1. The van der Waals surface area contributed by atoms with E-state index in [0.717, 1.165) is 16.8 Å². The van der Waals surface area contributed by atoms with Gasteiger partial charge in [0.2, 0.25) is 0 Å². The van der Waals surface area contributed by atoms with Crippen LogP contribution in [-0.2, 0) is 16.4 Å². The predicted octanol–water partition coefficient (Wildman–Crippen LogP) is 3.26. The van der Waals surface area contributed by atoms with Crippen molar-refractivity contribution < 1.29 is 13.2 Å². The zero-order chi connectivity index (χ0) is 20.6. The van der Waals surface area contributed by atoms with Crippen LogP contribution >= 0.6 is 23.4 Å². The number of hydrogen-bond donors (Lipinski definition) is 2. The Kier molecular flexibility index (Phi) is 5.59. The highest BCUT2D eigenvalue weighted by molar-refractivity contribution is 8.15. The van der Waals surface area contributed by atoms with Crippen molar-refractivity contribution in [1.29, 1.82) is 0 Å². The molecule has 0 aliphatic carbocycles. The van der Waals surface area contributed by atoms with Crippen molar-refractivity contribution in [3.05, 3.63) is 64.2 Å². The van der Waals surface area contributed by atoms with Gasteiger partial charge in [0, 0.05) is 28.1 Å². The SMILES string of the molecule is Cc1ccc(C(=O)NCc2ccccc2Cl)cc1NC1=N[C@@H]2CS(=O)(=O)C[C@@H]2S1. The summed E-state index contributed by atoms with van der Waals surface area (Å²) in [7, 11) is -2.98. The minimum Gasteiger partial charge on any atom is -0.348 e. The molecule has 2 aliphatic rings. The third-order valence-electron chi connectivity index (χ3n) is 4.96. The highest BCUT2D eigenvalue weighted by atomic mass is 35.5. The molecule has 152 valence electrons. The summed E-state index contributed by atoms with van der Waals surface area (Å²) in [5.74, 6) is 0.0803. The summed E-state index contributed by atoms with van der Waals surface area (Å²) in [4.78, 5) is 17.1. The molecule has 2 aromatic carbocycles. The Balaban J connectivity index is 1.44. The first kappa shape index (κ1) is 20.3. The Bertz CT molecular complexity index is 1100. The maximum Gasteiger partial charge on any atom is 0.251 e. The third-order valence-corrected chi connectivity index (χ3v) is 8.47. The number of hydrogen-bond acceptors (Lipinski definition) is 6. The molecule has 9 heteroatoms. The predicted molar refractivity (Wildman–Crippen MR) is 119 cm³/mol. The molecule has 0 unspecified atom stereocenters. The molecule has 2 heterocycles. The average Bonchev–Trinajstić information content (AvgIpc) is 3.15. The van der Waals surface area contributed by atoms with Crippen LogP contribution in [0.2, 0.25) is 5.02 Å². The van der Waals surface area contributed by atoms with E-state index in [4.69, 9.17) is 11.6 Å². The van der Waals surface area contributed by atoms with Crippen LogP contribution in [0.3, 0.4) is 0 Å². The number of carbonyl (C=O) groups is 1. The summed E-state index contributed by atoms with van der Waals surface area (Å²) in [5.41, 5.74) is 3.13. The largest absolute Gasteiger partial charge is 0.348 e. The fourth-order valence-corrected chi connectivity index (χ4v) is 7.22. The zero-order valence-corrected chi connectivity index (χ0v) is 18.1. The molecular formula is C20H20ClN3O3S2. The Labute approximate surface area is 179 Å². The minimum atomic E-state index is -2.98. The van der Waals surface area contributed by atoms with Gasteiger partial charge in [0.05, 0.1) is 17.5 Å². The molecule has 1 amide bonds. The van der Waals surface area contributed by atoms with Crippen LogP contribution in [0.15, 0.2) is 47.5 Å². The van der Waals surface area contributed by atoms with Crippen molar-refractivity contribution in [2.45, 2.75) is 24.8 Å². The molecular weight excluding hydrogens is 430 g/mol. The summed E-state index contributed by atoms with van der Waals surface area (Å²) in [6, 6.07) is 12.6. The summed E-state index contributed by atoms with van der Waals surface area (Å²) in [5, 5.41) is 7.44. The van der Waals surface area contributed by atoms with E-state index < -0.39 is 9.84 Å². The van der Waals surface area contributed by atoms with E-state index in [1.165, 1.54) is 11.8 Å². The standard InChI is InChI=1S/C20H20ClN3O3S2/c1-12-6-7-13(19(25)22-9-14-4-2-3-5-15(14)21)8-16(12)23-20-24-17-10-29(26,27)11-18(17)28-20/h2-8,17-18H,9-11H2,1H3,(H,22,25)(H,23,24)/t17-,18+/m1/s1. The molecule has 0 radical (unpaired) electrons. The van der Waals surface area contributed by atoms with Gasteiger partial charge in [-0.3, -0.25) is 9.79 Å². The second-order valence-corrected chi connectivity index (χ2v) is 11.0. The number of nitrogens with zero attached hydrogens (tertiary/aromatic N) is 1. The first-order chi connectivity index (χ1) is 13.8. The van der Waals surface area contributed by atoms with Crippen LogP contribution in [0.25, 0.3) is 0 Å². The summed E-state index contributed by atoms with van der Waals surface area (Å²) in [6.45, 7) is 2.29. The van der Waals surface area contributed by atoms with Crippen LogP contribution in [-0.4, -0.2) is 42.3 Å². The lowest BCUT2D eigenvalue weighted by molar-refractivity contribution is 0.0951. The van der Waals surface area contributed by atoms with E-state index in [1.807, 2.05) is 31.2 Å². The second-order valence-electron chi connectivity index (χ2n) is 7.16. The molecule has 2 aliphatic heterocycles. The number of benzene rings is 2. The molecule has 0 saturated carbocycles. The van der Waals surface area contributed by atoms with Gasteiger partial charge < -0.3 is 10.6 Å². The van der Waals surface area contributed by atoms with Gasteiger partial charge in [-0.2, -0.15) is 0 Å². The normalized spacial score (nSPS) is 22.1. The van der Waals surface area contributed by atoms with Gasteiger partial charge in [-0.15, -0.1) is 0 Å². The van der Waals surface area contributed by atoms with Gasteiger partial charge in [0.1, 0.15) is 0 Å². The molecule has 4 rings (SSSR count). The lowest BCUT2D eigenvalue weighted by atomic mass is 10.1. The number of fused-ring (bicyclic) bond motifs is 1. The fraction of sp³-hybridized carbons (Fsp3) is 0.300. The zero-order valence-electron chi connectivity index (χ0n) is 15.7. The Hall–Kier alpha value is -2.03. The van der Waals surface area contributed by atoms with E-state index >= 15 is 0 Å². The average molecular weight is 450 g/mol. The van der Waals surface area contributed by atoms with Gasteiger partial charge in [-0.25, -0.2) is 8.42 Å². The lowest BCUT2D eigenvalue weighted by Gasteiger charge is -2.12. The summed E-state index contributed by atoms with van der Waals surface area (Å²) < 4.78 is 23.4. The van der Waals surface area contributed by atoms with Crippen molar-refractivity contribution in [2.24, 2.45) is 4.99 Å². The van der Waals surface area contributed by atoms with Gasteiger partial charge in [0.25, 0.3) is 5.91 Å². The van der Waals surface area contributed by atoms with E-state index in [9.17, 15) is 13.2 Å². The first-order valence-electron chi connectivity index (χ1n) is 9.15. The van der Waals surface area contributed by atoms with Gasteiger partial charge in [0.15, 0.2) is 15.0 Å². The minimum absolute atomic E-state index is 0.0232. The topological polar surface area (TPSA) is 87.6 Å². The number of anilines is 1. The van der Waals surface area contributed by atoms with Crippen LogP contribution < -0.4 is 10.6 Å². The van der Waals surface area contributed by atoms with Gasteiger partial charge >= 0.3 is 0 Å². The van der Waals surface area contributed by atoms with Crippen LogP contribution in [0, 0.1) is 6.92 Å². The molecule has 2 N–H and O–H groups in total. The maximum atomic E-state index is 12.6. The molecule has 1 fully saturated rings. The molecule has 2 atom stereocenters. The van der Waals surface area contributed by atoms with Crippen molar-refractivity contribution >= 4 is 50.0 Å². The number of aryl methyl sites for hydroxylation is 1. The number of amides is 1. The second kappa shape index (κ2) is 8.01. The Morgan fingerprint density at radius 2 is 2.03 bits per heavy atom. The van der Waals surface area contributed by atoms with Gasteiger partial charge in [-0.1, -0.05) is 47.6 Å². The quantitative estimate of drug-likeness (QED) is 0.748. The third kappa shape index (κ3) is 4.60. The van der Waals surface area contributed by atoms with E-state index in [2.05, 4.69) is 15.6 Å². The molecule has 0 spiro atoms. The van der Waals surface area contributed by atoms with Crippen LogP contribution in [0.5, 0.6) is 0 Å². The molecule has 0 aromatic heterocycles. The number of rotatable bonds is 4. The monoisotopic (exact) mass is 449 g/mol. The molecule has 6 nitrogen and oxygen atoms in total. The van der Waals surface area contributed by atoms with Crippen molar-refractivity contribution in [1.82, 2.24) is 5.32 Å². The summed E-state index contributed by atoms with van der Waals surface area (Å²) >= 11 is 7.59. The van der Waals surface area contributed by atoms with Crippen molar-refractivity contribution in [3.63, 3.8) is 0 Å². The number of nitrogens with one attached hydrogen (secondary N) is 2. The highest BCUT2D eigenvalue weighted by Gasteiger charge is 2.42. The first-order valence-corrected chi connectivity index (χ1v) is 12.2. The number of aliphatic imine (C=N–C) groups is 1. The fourth-order valence-electron chi connectivity index (χ4n) is 3.35. The lowest BCUT2D eigenvalue weighted by Crippen LogP contribution is -2.23. The highest BCUT2D eigenvalue weighted by Crippen LogP contribution is 2.35. The van der Waals surface area contributed by atoms with Crippen molar-refractivity contribution in [3.8, 4) is 0 Å².